The Balaban J connectivity index is 2.08. The zero-order valence-electron chi connectivity index (χ0n) is 11.0. The molecule has 1 aliphatic heterocycles. The first-order valence-corrected chi connectivity index (χ1v) is 6.86. The van der Waals surface area contributed by atoms with Gasteiger partial charge in [-0.3, -0.25) is 4.79 Å². The van der Waals surface area contributed by atoms with E-state index in [0.717, 1.165) is 22.9 Å². The van der Waals surface area contributed by atoms with Crippen molar-refractivity contribution in [1.29, 1.82) is 0 Å². The quantitative estimate of drug-likeness (QED) is 0.788. The highest BCUT2D eigenvalue weighted by atomic mass is 35.5. The van der Waals surface area contributed by atoms with E-state index in [0.29, 0.717) is 11.6 Å². The Labute approximate surface area is 117 Å². The number of hydrogen-bond acceptors (Lipinski definition) is 2. The average molecular weight is 278 g/mol. The Hall–Kier alpha value is -1.32. The number of Topliss-reactive ketones (excluding diaryl/α,β-unsaturated/α-hetero) is 1. The monoisotopic (exact) mass is 277 g/mol. The van der Waals surface area contributed by atoms with Crippen molar-refractivity contribution in [3.05, 3.63) is 35.0 Å². The SMILES string of the molecule is CC1CCOC1C(=O)c1cn(C)c2cc(Cl)ccc12. The lowest BCUT2D eigenvalue weighted by atomic mass is 9.96. The van der Waals surface area contributed by atoms with Gasteiger partial charge in [0.2, 0.25) is 0 Å². The number of rotatable bonds is 2. The number of fused-ring (bicyclic) bond motifs is 1. The molecule has 1 saturated heterocycles. The van der Waals surface area contributed by atoms with E-state index in [1.165, 1.54) is 0 Å². The maximum Gasteiger partial charge on any atom is 0.193 e. The van der Waals surface area contributed by atoms with Gasteiger partial charge in [0.15, 0.2) is 5.78 Å². The average Bonchev–Trinajstić information content (AvgIpc) is 2.94. The highest BCUT2D eigenvalue weighted by Crippen LogP contribution is 2.29. The molecular weight excluding hydrogens is 262 g/mol. The summed E-state index contributed by atoms with van der Waals surface area (Å²) in [4.78, 5) is 12.6. The molecule has 100 valence electrons. The Morgan fingerprint density at radius 3 is 2.95 bits per heavy atom. The molecule has 1 fully saturated rings. The van der Waals surface area contributed by atoms with E-state index in [9.17, 15) is 4.79 Å². The number of nitrogens with zero attached hydrogens (tertiary/aromatic N) is 1. The smallest absolute Gasteiger partial charge is 0.193 e. The molecule has 0 N–H and O–H groups in total. The second-order valence-corrected chi connectivity index (χ2v) is 5.67. The normalized spacial score (nSPS) is 23.1. The molecule has 0 radical (unpaired) electrons. The summed E-state index contributed by atoms with van der Waals surface area (Å²) in [6.45, 7) is 2.74. The molecule has 3 nitrogen and oxygen atoms in total. The fourth-order valence-corrected chi connectivity index (χ4v) is 2.90. The molecule has 1 aromatic heterocycles. The van der Waals surface area contributed by atoms with Crippen LogP contribution in [0.5, 0.6) is 0 Å². The molecule has 1 aromatic carbocycles. The summed E-state index contributed by atoms with van der Waals surface area (Å²) in [7, 11) is 1.92. The number of halogens is 1. The third-order valence-electron chi connectivity index (χ3n) is 3.86. The van der Waals surface area contributed by atoms with Crippen molar-refractivity contribution in [3.8, 4) is 0 Å². The minimum atomic E-state index is -0.304. The van der Waals surface area contributed by atoms with Crippen molar-refractivity contribution in [2.75, 3.05) is 6.61 Å². The van der Waals surface area contributed by atoms with Crippen LogP contribution in [0, 0.1) is 5.92 Å². The van der Waals surface area contributed by atoms with E-state index in [2.05, 4.69) is 6.92 Å². The number of aromatic nitrogens is 1. The van der Waals surface area contributed by atoms with E-state index in [4.69, 9.17) is 16.3 Å². The second kappa shape index (κ2) is 4.66. The van der Waals surface area contributed by atoms with Gasteiger partial charge in [-0.25, -0.2) is 0 Å². The molecule has 0 saturated carbocycles. The molecule has 1 aliphatic rings. The maximum absolute atomic E-state index is 12.6. The van der Waals surface area contributed by atoms with Crippen molar-refractivity contribution in [2.24, 2.45) is 13.0 Å². The predicted molar refractivity (Wildman–Crippen MR) is 75.8 cm³/mol. The van der Waals surface area contributed by atoms with E-state index in [1.807, 2.05) is 36.0 Å². The maximum atomic E-state index is 12.6. The third-order valence-corrected chi connectivity index (χ3v) is 4.10. The van der Waals surface area contributed by atoms with Crippen LogP contribution in [0.15, 0.2) is 24.4 Å². The lowest BCUT2D eigenvalue weighted by Gasteiger charge is -2.12. The molecule has 3 rings (SSSR count). The van der Waals surface area contributed by atoms with Crippen LogP contribution in [-0.2, 0) is 11.8 Å². The number of ether oxygens (including phenoxy) is 1. The number of ketones is 1. The van der Waals surface area contributed by atoms with Gasteiger partial charge in [-0.2, -0.15) is 0 Å². The first-order chi connectivity index (χ1) is 9.08. The number of aryl methyl sites for hydroxylation is 1. The zero-order valence-corrected chi connectivity index (χ0v) is 11.8. The molecule has 0 spiro atoms. The number of carbonyl (C=O) groups is 1. The van der Waals surface area contributed by atoms with Crippen LogP contribution in [0.25, 0.3) is 10.9 Å². The highest BCUT2D eigenvalue weighted by Gasteiger charge is 2.32. The van der Waals surface area contributed by atoms with E-state index < -0.39 is 0 Å². The standard InChI is InChI=1S/C15H16ClNO2/c1-9-5-6-19-15(9)14(18)12-8-17(2)13-7-10(16)3-4-11(12)13/h3-4,7-9,15H,5-6H2,1-2H3. The molecule has 0 bridgehead atoms. The molecule has 0 amide bonds. The van der Waals surface area contributed by atoms with Gasteiger partial charge < -0.3 is 9.30 Å². The molecule has 2 unspecified atom stereocenters. The Kier molecular flexibility index (Phi) is 3.11. The highest BCUT2D eigenvalue weighted by molar-refractivity contribution is 6.31. The fraction of sp³-hybridized carbons (Fsp3) is 0.400. The number of benzene rings is 1. The lowest BCUT2D eigenvalue weighted by Crippen LogP contribution is -2.25. The first kappa shape index (κ1) is 12.7. The summed E-state index contributed by atoms with van der Waals surface area (Å²) < 4.78 is 7.52. The minimum absolute atomic E-state index is 0.0814. The predicted octanol–water partition coefficient (Wildman–Crippen LogP) is 3.44. The van der Waals surface area contributed by atoms with Gasteiger partial charge >= 0.3 is 0 Å². The van der Waals surface area contributed by atoms with Crippen LogP contribution < -0.4 is 0 Å². The second-order valence-electron chi connectivity index (χ2n) is 5.24. The molecule has 0 aliphatic carbocycles. The van der Waals surface area contributed by atoms with Crippen LogP contribution in [-0.4, -0.2) is 23.1 Å². The van der Waals surface area contributed by atoms with E-state index in [1.54, 1.807) is 0 Å². The fourth-order valence-electron chi connectivity index (χ4n) is 2.74. The minimum Gasteiger partial charge on any atom is -0.370 e. The van der Waals surface area contributed by atoms with Crippen LogP contribution >= 0.6 is 11.6 Å². The summed E-state index contributed by atoms with van der Waals surface area (Å²) in [5.74, 6) is 0.368. The van der Waals surface area contributed by atoms with E-state index >= 15 is 0 Å². The van der Waals surface area contributed by atoms with Crippen LogP contribution in [0.2, 0.25) is 5.02 Å². The molecule has 2 heterocycles. The van der Waals surface area contributed by atoms with Crippen molar-refractivity contribution >= 4 is 28.3 Å². The molecule has 19 heavy (non-hydrogen) atoms. The summed E-state index contributed by atoms with van der Waals surface area (Å²) >= 11 is 6.01. The summed E-state index contributed by atoms with van der Waals surface area (Å²) in [6.07, 6.45) is 2.52. The van der Waals surface area contributed by atoms with Gasteiger partial charge in [-0.1, -0.05) is 24.6 Å². The van der Waals surface area contributed by atoms with Crippen LogP contribution in [0.1, 0.15) is 23.7 Å². The molecule has 2 atom stereocenters. The largest absolute Gasteiger partial charge is 0.370 e. The summed E-state index contributed by atoms with van der Waals surface area (Å²) in [5.41, 5.74) is 1.70. The van der Waals surface area contributed by atoms with Gasteiger partial charge in [0.1, 0.15) is 6.10 Å². The lowest BCUT2D eigenvalue weighted by molar-refractivity contribution is 0.0581. The number of hydrogen-bond donors (Lipinski definition) is 0. The van der Waals surface area contributed by atoms with Gasteiger partial charge in [0.25, 0.3) is 0 Å². The van der Waals surface area contributed by atoms with Gasteiger partial charge in [-0.15, -0.1) is 0 Å². The van der Waals surface area contributed by atoms with Crippen molar-refractivity contribution in [2.45, 2.75) is 19.4 Å². The van der Waals surface area contributed by atoms with Crippen LogP contribution in [0.4, 0.5) is 0 Å². The van der Waals surface area contributed by atoms with Crippen LogP contribution in [0.3, 0.4) is 0 Å². The van der Waals surface area contributed by atoms with Crippen molar-refractivity contribution in [3.63, 3.8) is 0 Å². The van der Waals surface area contributed by atoms with Gasteiger partial charge in [-0.05, 0) is 24.5 Å². The summed E-state index contributed by atoms with van der Waals surface area (Å²) in [6, 6.07) is 5.61. The summed E-state index contributed by atoms with van der Waals surface area (Å²) in [5, 5.41) is 1.62. The topological polar surface area (TPSA) is 31.2 Å². The molecule has 4 heteroatoms. The number of carbonyl (C=O) groups excluding carboxylic acids is 1. The Morgan fingerprint density at radius 1 is 1.47 bits per heavy atom. The Bertz CT molecular complexity index is 647. The van der Waals surface area contributed by atoms with Crippen molar-refractivity contribution in [1.82, 2.24) is 4.57 Å². The zero-order chi connectivity index (χ0) is 13.6. The molecule has 2 aromatic rings. The van der Waals surface area contributed by atoms with E-state index in [-0.39, 0.29) is 17.8 Å². The third kappa shape index (κ3) is 2.07. The van der Waals surface area contributed by atoms with Gasteiger partial charge in [0, 0.05) is 41.3 Å². The Morgan fingerprint density at radius 2 is 2.26 bits per heavy atom. The van der Waals surface area contributed by atoms with Crippen molar-refractivity contribution < 1.29 is 9.53 Å². The first-order valence-electron chi connectivity index (χ1n) is 6.48. The molecular formula is C15H16ClNO2. The van der Waals surface area contributed by atoms with Gasteiger partial charge in [0.05, 0.1) is 0 Å².